The van der Waals surface area contributed by atoms with Crippen LogP contribution in [0.1, 0.15) is 11.0 Å². The lowest BCUT2D eigenvalue weighted by atomic mass is 10.2. The average molecular weight is 212 g/mol. The fraction of sp³-hybridized carbons (Fsp3) is 0.400. The molecule has 0 aliphatic carbocycles. The van der Waals surface area contributed by atoms with Crippen molar-refractivity contribution in [3.8, 4) is 11.5 Å². The highest BCUT2D eigenvalue weighted by Gasteiger charge is 2.19. The number of ether oxygens (including phenoxy) is 2. The average Bonchev–Trinajstić information content (AvgIpc) is 2.71. The van der Waals surface area contributed by atoms with Crippen LogP contribution in [-0.4, -0.2) is 24.6 Å². The first-order valence-corrected chi connectivity index (χ1v) is 5.46. The van der Waals surface area contributed by atoms with Gasteiger partial charge in [-0.25, -0.2) is 0 Å². The van der Waals surface area contributed by atoms with Gasteiger partial charge in [0.15, 0.2) is 11.5 Å². The van der Waals surface area contributed by atoms with E-state index in [4.69, 9.17) is 9.47 Å². The zero-order valence-corrected chi connectivity index (χ0v) is 8.71. The summed E-state index contributed by atoms with van der Waals surface area (Å²) >= 11 is 1.76. The van der Waals surface area contributed by atoms with Gasteiger partial charge in [-0.15, -0.1) is 11.8 Å². The molecule has 1 aliphatic heterocycles. The molecule has 0 radical (unpaired) electrons. The van der Waals surface area contributed by atoms with Crippen LogP contribution in [0.4, 0.5) is 0 Å². The molecule has 1 fully saturated rings. The fourth-order valence-corrected chi connectivity index (χ4v) is 2.33. The van der Waals surface area contributed by atoms with Crippen LogP contribution >= 0.6 is 11.8 Å². The Bertz CT molecular complexity index is 321. The van der Waals surface area contributed by atoms with Gasteiger partial charge in [-0.1, -0.05) is 6.07 Å². The van der Waals surface area contributed by atoms with Crippen LogP contribution < -0.4 is 4.74 Å². The molecule has 0 spiro atoms. The summed E-state index contributed by atoms with van der Waals surface area (Å²) in [5, 5.41) is 9.41. The maximum atomic E-state index is 9.41. The molecule has 1 N–H and O–H groups in total. The first-order chi connectivity index (χ1) is 6.81. The van der Waals surface area contributed by atoms with Crippen molar-refractivity contribution >= 4 is 11.8 Å². The molecular formula is C10H12O3S. The lowest BCUT2D eigenvalue weighted by Crippen LogP contribution is -1.94. The lowest BCUT2D eigenvalue weighted by Gasteiger charge is -2.11. The van der Waals surface area contributed by atoms with Crippen LogP contribution in [0, 0.1) is 0 Å². The minimum Gasteiger partial charge on any atom is -0.504 e. The molecule has 0 amide bonds. The zero-order valence-electron chi connectivity index (χ0n) is 7.90. The fourth-order valence-electron chi connectivity index (χ4n) is 1.39. The van der Waals surface area contributed by atoms with Crippen molar-refractivity contribution in [3.05, 3.63) is 23.8 Å². The van der Waals surface area contributed by atoms with Gasteiger partial charge in [-0.3, -0.25) is 0 Å². The molecule has 1 atom stereocenters. The highest BCUT2D eigenvalue weighted by Crippen LogP contribution is 2.38. The first-order valence-electron chi connectivity index (χ1n) is 4.41. The van der Waals surface area contributed by atoms with Gasteiger partial charge in [0.2, 0.25) is 0 Å². The standard InChI is InChI=1S/C10H12O3S/c1-12-9-6-7(2-3-8(9)11)10-13-4-5-14-10/h2-3,6,10-11H,4-5H2,1H3. The largest absolute Gasteiger partial charge is 0.504 e. The van der Waals surface area contributed by atoms with Crippen LogP contribution in [0.3, 0.4) is 0 Å². The van der Waals surface area contributed by atoms with Crippen LogP contribution in [-0.2, 0) is 4.74 Å². The molecule has 0 aromatic heterocycles. The van der Waals surface area contributed by atoms with Crippen molar-refractivity contribution in [2.24, 2.45) is 0 Å². The van der Waals surface area contributed by atoms with Crippen molar-refractivity contribution in [1.29, 1.82) is 0 Å². The predicted molar refractivity (Wildman–Crippen MR) is 55.8 cm³/mol. The molecule has 1 saturated heterocycles. The quantitative estimate of drug-likeness (QED) is 0.815. The molecule has 3 nitrogen and oxygen atoms in total. The topological polar surface area (TPSA) is 38.7 Å². The van der Waals surface area contributed by atoms with Crippen molar-refractivity contribution in [3.63, 3.8) is 0 Å². The molecule has 1 unspecified atom stereocenters. The minimum atomic E-state index is 0.0875. The lowest BCUT2D eigenvalue weighted by molar-refractivity contribution is 0.144. The van der Waals surface area contributed by atoms with Gasteiger partial charge in [0.1, 0.15) is 5.44 Å². The van der Waals surface area contributed by atoms with Gasteiger partial charge >= 0.3 is 0 Å². The summed E-state index contributed by atoms with van der Waals surface area (Å²) in [6.07, 6.45) is 0. The number of thioether (sulfide) groups is 1. The maximum absolute atomic E-state index is 9.41. The Kier molecular flexibility index (Phi) is 2.84. The molecule has 1 aromatic rings. The van der Waals surface area contributed by atoms with Crippen molar-refractivity contribution in [2.45, 2.75) is 5.44 Å². The van der Waals surface area contributed by atoms with E-state index in [2.05, 4.69) is 0 Å². The Morgan fingerprint density at radius 1 is 1.57 bits per heavy atom. The van der Waals surface area contributed by atoms with Crippen LogP contribution in [0.25, 0.3) is 0 Å². The summed E-state index contributed by atoms with van der Waals surface area (Å²) in [5.41, 5.74) is 1.13. The minimum absolute atomic E-state index is 0.0875. The number of aromatic hydroxyl groups is 1. The molecule has 14 heavy (non-hydrogen) atoms. The number of hydrogen-bond donors (Lipinski definition) is 1. The van der Waals surface area contributed by atoms with Gasteiger partial charge in [-0.2, -0.15) is 0 Å². The molecule has 4 heteroatoms. The SMILES string of the molecule is COc1cc(C2OCCS2)ccc1O. The third kappa shape index (κ3) is 1.81. The summed E-state index contributed by atoms with van der Waals surface area (Å²) in [4.78, 5) is 0. The number of rotatable bonds is 2. The molecule has 76 valence electrons. The molecule has 0 saturated carbocycles. The summed E-state index contributed by atoms with van der Waals surface area (Å²) < 4.78 is 10.5. The summed E-state index contributed by atoms with van der Waals surface area (Å²) in [6, 6.07) is 5.32. The third-order valence-corrected chi connectivity index (χ3v) is 3.21. The highest BCUT2D eigenvalue weighted by molar-refractivity contribution is 7.99. The van der Waals surface area contributed by atoms with Crippen LogP contribution in [0.15, 0.2) is 18.2 Å². The van der Waals surface area contributed by atoms with Gasteiger partial charge in [0.25, 0.3) is 0 Å². The Morgan fingerprint density at radius 3 is 3.07 bits per heavy atom. The second kappa shape index (κ2) is 4.11. The molecule has 1 aromatic carbocycles. The Hall–Kier alpha value is -0.870. The van der Waals surface area contributed by atoms with Gasteiger partial charge in [-0.05, 0) is 17.7 Å². The molecule has 1 heterocycles. The number of phenolic OH excluding ortho intramolecular Hbond substituents is 1. The van der Waals surface area contributed by atoms with Crippen molar-refractivity contribution < 1.29 is 14.6 Å². The van der Waals surface area contributed by atoms with Gasteiger partial charge < -0.3 is 14.6 Å². The number of methoxy groups -OCH3 is 1. The van der Waals surface area contributed by atoms with E-state index in [9.17, 15) is 5.11 Å². The van der Waals surface area contributed by atoms with E-state index >= 15 is 0 Å². The van der Waals surface area contributed by atoms with Crippen LogP contribution in [0.2, 0.25) is 0 Å². The van der Waals surface area contributed by atoms with Crippen molar-refractivity contribution in [2.75, 3.05) is 19.5 Å². The Balaban J connectivity index is 2.25. The Morgan fingerprint density at radius 2 is 2.43 bits per heavy atom. The number of benzene rings is 1. The molecule has 0 bridgehead atoms. The maximum Gasteiger partial charge on any atom is 0.160 e. The Labute approximate surface area is 87.0 Å². The second-order valence-electron chi connectivity index (χ2n) is 3.00. The second-order valence-corrected chi connectivity index (χ2v) is 4.17. The van der Waals surface area contributed by atoms with E-state index in [1.165, 1.54) is 0 Å². The smallest absolute Gasteiger partial charge is 0.160 e. The van der Waals surface area contributed by atoms with E-state index < -0.39 is 0 Å². The third-order valence-electron chi connectivity index (χ3n) is 2.10. The molecule has 1 aliphatic rings. The number of hydrogen-bond acceptors (Lipinski definition) is 4. The first kappa shape index (κ1) is 9.68. The van der Waals surface area contributed by atoms with Crippen LogP contribution in [0.5, 0.6) is 11.5 Å². The van der Waals surface area contributed by atoms with E-state index in [0.29, 0.717) is 5.75 Å². The van der Waals surface area contributed by atoms with Gasteiger partial charge in [0.05, 0.1) is 13.7 Å². The summed E-state index contributed by atoms with van der Waals surface area (Å²) in [7, 11) is 1.54. The summed E-state index contributed by atoms with van der Waals surface area (Å²) in [5.74, 6) is 1.69. The number of phenols is 1. The van der Waals surface area contributed by atoms with E-state index in [0.717, 1.165) is 17.9 Å². The van der Waals surface area contributed by atoms with Crippen molar-refractivity contribution in [1.82, 2.24) is 0 Å². The molecular weight excluding hydrogens is 200 g/mol. The normalized spacial score (nSPS) is 21.1. The van der Waals surface area contributed by atoms with E-state index in [1.54, 1.807) is 24.9 Å². The van der Waals surface area contributed by atoms with E-state index in [1.807, 2.05) is 12.1 Å². The predicted octanol–water partition coefficient (Wildman–Crippen LogP) is 2.16. The monoisotopic (exact) mass is 212 g/mol. The highest BCUT2D eigenvalue weighted by atomic mass is 32.2. The summed E-state index contributed by atoms with van der Waals surface area (Å²) in [6.45, 7) is 0.790. The van der Waals surface area contributed by atoms with Gasteiger partial charge in [0, 0.05) is 5.75 Å². The van der Waals surface area contributed by atoms with E-state index in [-0.39, 0.29) is 11.2 Å². The zero-order chi connectivity index (χ0) is 9.97. The molecule has 2 rings (SSSR count).